The van der Waals surface area contributed by atoms with Crippen molar-refractivity contribution in [2.24, 2.45) is 0 Å². The zero-order valence-electron chi connectivity index (χ0n) is 21.5. The molecule has 40 heavy (non-hydrogen) atoms. The first kappa shape index (κ1) is 22.5. The summed E-state index contributed by atoms with van der Waals surface area (Å²) in [5, 5.41) is 6.78. The highest BCUT2D eigenvalue weighted by Crippen LogP contribution is 2.37. The van der Waals surface area contributed by atoms with Crippen LogP contribution < -0.4 is 4.74 Å². The average Bonchev–Trinajstić information content (AvgIpc) is 3.35. The molecule has 0 unspecified atom stereocenters. The number of hydrogen-bond donors (Lipinski definition) is 0. The lowest BCUT2D eigenvalue weighted by atomic mass is 10.0. The highest BCUT2D eigenvalue weighted by atomic mass is 16.5. The van der Waals surface area contributed by atoms with E-state index in [9.17, 15) is 0 Å². The first-order valence-electron chi connectivity index (χ1n) is 13.3. The van der Waals surface area contributed by atoms with Crippen LogP contribution in [0.3, 0.4) is 0 Å². The molecule has 0 radical (unpaired) electrons. The Morgan fingerprint density at radius 2 is 1.15 bits per heavy atom. The molecule has 0 aliphatic carbocycles. The largest absolute Gasteiger partial charge is 0.438 e. The molecule has 0 aliphatic rings. The Labute approximate surface area is 230 Å². The zero-order chi connectivity index (χ0) is 26.5. The fraction of sp³-hybridized carbons (Fsp3) is 0. The maximum absolute atomic E-state index is 6.30. The van der Waals surface area contributed by atoms with E-state index in [1.54, 1.807) is 6.20 Å². The monoisotopic (exact) mass is 513 g/mol. The van der Waals surface area contributed by atoms with Gasteiger partial charge in [0.2, 0.25) is 5.88 Å². The fourth-order valence-electron chi connectivity index (χ4n) is 5.68. The average molecular weight is 514 g/mol. The Bertz CT molecular complexity index is 2200. The summed E-state index contributed by atoms with van der Waals surface area (Å²) in [7, 11) is 0. The Kier molecular flexibility index (Phi) is 5.10. The lowest BCUT2D eigenvalue weighted by Crippen LogP contribution is -1.98. The van der Waals surface area contributed by atoms with E-state index in [2.05, 4.69) is 101 Å². The van der Waals surface area contributed by atoms with Gasteiger partial charge in [-0.05, 0) is 64.4 Å². The highest BCUT2D eigenvalue weighted by molar-refractivity contribution is 6.11. The minimum absolute atomic E-state index is 0.604. The Hall–Kier alpha value is -5.48. The molecule has 0 aliphatic heterocycles. The smallest absolute Gasteiger partial charge is 0.227 e. The molecule has 5 aromatic carbocycles. The third-order valence-electron chi connectivity index (χ3n) is 7.56. The molecule has 188 valence electrons. The van der Waals surface area contributed by atoms with Crippen molar-refractivity contribution in [3.05, 3.63) is 140 Å². The molecular weight excluding hydrogens is 490 g/mol. The van der Waals surface area contributed by atoms with Crippen LogP contribution in [0.25, 0.3) is 60.3 Å². The number of benzene rings is 5. The van der Waals surface area contributed by atoms with Gasteiger partial charge in [-0.1, -0.05) is 84.9 Å². The molecule has 4 nitrogen and oxygen atoms in total. The van der Waals surface area contributed by atoms with Gasteiger partial charge in [0.15, 0.2) is 0 Å². The second-order valence-corrected chi connectivity index (χ2v) is 9.91. The van der Waals surface area contributed by atoms with Crippen LogP contribution in [0.2, 0.25) is 0 Å². The van der Waals surface area contributed by atoms with Gasteiger partial charge in [0, 0.05) is 33.9 Å². The summed E-state index contributed by atoms with van der Waals surface area (Å²) in [6.45, 7) is 0. The van der Waals surface area contributed by atoms with Crippen molar-refractivity contribution in [1.29, 1.82) is 0 Å². The van der Waals surface area contributed by atoms with E-state index in [0.29, 0.717) is 5.88 Å². The van der Waals surface area contributed by atoms with E-state index in [-0.39, 0.29) is 0 Å². The van der Waals surface area contributed by atoms with Gasteiger partial charge < -0.3 is 4.74 Å². The van der Waals surface area contributed by atoms with E-state index in [4.69, 9.17) is 9.72 Å². The Balaban J connectivity index is 1.29. The Morgan fingerprint density at radius 1 is 0.475 bits per heavy atom. The summed E-state index contributed by atoms with van der Waals surface area (Å²) in [5.74, 6) is 2.28. The first-order chi connectivity index (χ1) is 19.8. The lowest BCUT2D eigenvalue weighted by Gasteiger charge is -2.12. The predicted octanol–water partition coefficient (Wildman–Crippen LogP) is 9.34. The normalized spacial score (nSPS) is 11.5. The number of ether oxygens (including phenoxy) is 1. The van der Waals surface area contributed by atoms with Gasteiger partial charge in [0.25, 0.3) is 0 Å². The van der Waals surface area contributed by atoms with Gasteiger partial charge in [-0.15, -0.1) is 0 Å². The molecule has 0 spiro atoms. The van der Waals surface area contributed by atoms with Crippen molar-refractivity contribution in [3.8, 4) is 28.6 Å². The van der Waals surface area contributed by atoms with Crippen LogP contribution in [-0.4, -0.2) is 14.5 Å². The van der Waals surface area contributed by atoms with Crippen LogP contribution in [0.5, 0.6) is 11.6 Å². The van der Waals surface area contributed by atoms with Crippen LogP contribution in [-0.2, 0) is 0 Å². The number of para-hydroxylation sites is 1. The van der Waals surface area contributed by atoms with Crippen LogP contribution in [0.1, 0.15) is 0 Å². The molecule has 0 saturated carbocycles. The van der Waals surface area contributed by atoms with Gasteiger partial charge in [-0.2, -0.15) is 0 Å². The quantitative estimate of drug-likeness (QED) is 0.235. The minimum atomic E-state index is 0.604. The van der Waals surface area contributed by atoms with Crippen molar-refractivity contribution in [1.82, 2.24) is 14.5 Å². The molecule has 8 rings (SSSR count). The summed E-state index contributed by atoms with van der Waals surface area (Å²) in [5.41, 5.74) is 4.43. The van der Waals surface area contributed by atoms with E-state index in [0.717, 1.165) is 49.9 Å². The number of aromatic nitrogens is 3. The van der Waals surface area contributed by atoms with Crippen LogP contribution in [0.4, 0.5) is 0 Å². The van der Waals surface area contributed by atoms with Crippen molar-refractivity contribution < 1.29 is 4.74 Å². The first-order valence-corrected chi connectivity index (χ1v) is 13.3. The minimum Gasteiger partial charge on any atom is -0.438 e. The summed E-state index contributed by atoms with van der Waals surface area (Å²) in [6.07, 6.45) is 3.68. The molecule has 0 bridgehead atoms. The van der Waals surface area contributed by atoms with Crippen molar-refractivity contribution >= 4 is 43.4 Å². The van der Waals surface area contributed by atoms with E-state index >= 15 is 0 Å². The predicted molar refractivity (Wildman–Crippen MR) is 163 cm³/mol. The summed E-state index contributed by atoms with van der Waals surface area (Å²) in [6, 6.07) is 44.0. The number of pyridine rings is 2. The van der Waals surface area contributed by atoms with Gasteiger partial charge in [-0.25, -0.2) is 9.97 Å². The maximum Gasteiger partial charge on any atom is 0.227 e. The molecule has 3 aromatic heterocycles. The molecule has 0 atom stereocenters. The van der Waals surface area contributed by atoms with Gasteiger partial charge in [0.05, 0.1) is 11.0 Å². The van der Waals surface area contributed by atoms with Crippen LogP contribution >= 0.6 is 0 Å². The van der Waals surface area contributed by atoms with E-state index < -0.39 is 0 Å². The zero-order valence-corrected chi connectivity index (χ0v) is 21.5. The standard InChI is InChI=1S/C36H23N3O/c1-3-12-29-24(8-1)18-20-37-35(29)39-33-15-6-5-14-31(33)32-17-16-27(23-34(32)39)26-10-7-11-28(22-26)40-36-30-13-4-2-9-25(30)19-21-38-36/h1-23H. The second kappa shape index (κ2) is 9.07. The number of fused-ring (bicyclic) bond motifs is 5. The summed E-state index contributed by atoms with van der Waals surface area (Å²) < 4.78 is 8.59. The van der Waals surface area contributed by atoms with E-state index in [1.807, 2.05) is 42.6 Å². The maximum atomic E-state index is 6.30. The molecule has 3 heterocycles. The Morgan fingerprint density at radius 3 is 2.02 bits per heavy atom. The van der Waals surface area contributed by atoms with Crippen molar-refractivity contribution in [3.63, 3.8) is 0 Å². The number of hydrogen-bond acceptors (Lipinski definition) is 3. The number of nitrogens with zero attached hydrogens (tertiary/aromatic N) is 3. The van der Waals surface area contributed by atoms with Crippen LogP contribution in [0.15, 0.2) is 140 Å². The third-order valence-corrected chi connectivity index (χ3v) is 7.56. The topological polar surface area (TPSA) is 39.9 Å². The van der Waals surface area contributed by atoms with Gasteiger partial charge >= 0.3 is 0 Å². The SMILES string of the molecule is c1cc(Oc2nccc3ccccc23)cc(-c2ccc3c4ccccc4n(-c4nccc5ccccc45)c3c2)c1. The van der Waals surface area contributed by atoms with Crippen molar-refractivity contribution in [2.45, 2.75) is 0 Å². The fourth-order valence-corrected chi connectivity index (χ4v) is 5.68. The van der Waals surface area contributed by atoms with Gasteiger partial charge in [-0.3, -0.25) is 4.57 Å². The summed E-state index contributed by atoms with van der Waals surface area (Å²) in [4.78, 5) is 9.38. The molecule has 0 fully saturated rings. The van der Waals surface area contributed by atoms with Crippen molar-refractivity contribution in [2.75, 3.05) is 0 Å². The van der Waals surface area contributed by atoms with E-state index in [1.165, 1.54) is 16.2 Å². The molecule has 0 saturated heterocycles. The lowest BCUT2D eigenvalue weighted by molar-refractivity contribution is 0.469. The summed E-state index contributed by atoms with van der Waals surface area (Å²) >= 11 is 0. The number of rotatable bonds is 4. The molecular formula is C36H23N3O. The third kappa shape index (κ3) is 3.62. The molecule has 4 heteroatoms. The van der Waals surface area contributed by atoms with Crippen LogP contribution in [0, 0.1) is 0 Å². The van der Waals surface area contributed by atoms with Gasteiger partial charge in [0.1, 0.15) is 11.6 Å². The molecule has 0 N–H and O–H groups in total. The molecule has 8 aromatic rings. The molecule has 0 amide bonds. The second-order valence-electron chi connectivity index (χ2n) is 9.91. The highest BCUT2D eigenvalue weighted by Gasteiger charge is 2.16.